The third kappa shape index (κ3) is 2.18. The summed E-state index contributed by atoms with van der Waals surface area (Å²) in [6.07, 6.45) is 9.42. The number of fused-ring (bicyclic) bond motifs is 2. The Kier molecular flexibility index (Phi) is 3.60. The van der Waals surface area contributed by atoms with Gasteiger partial charge in [-0.2, -0.15) is 0 Å². The molecular formula is C17H28O3. The Labute approximate surface area is 122 Å². The quantitative estimate of drug-likeness (QED) is 0.734. The summed E-state index contributed by atoms with van der Waals surface area (Å²) in [5, 5.41) is 0. The zero-order chi connectivity index (χ0) is 14.4. The molecule has 0 aromatic heterocycles. The van der Waals surface area contributed by atoms with Crippen LogP contribution in [0.5, 0.6) is 0 Å². The van der Waals surface area contributed by atoms with Crippen LogP contribution in [0.1, 0.15) is 72.1 Å². The molecule has 3 aliphatic rings. The van der Waals surface area contributed by atoms with Crippen LogP contribution in [0, 0.1) is 11.3 Å². The lowest BCUT2D eigenvalue weighted by molar-refractivity contribution is -0.185. The molecule has 114 valence electrons. The molecule has 3 fully saturated rings. The fraction of sp³-hybridized carbons (Fsp3) is 0.941. The molecule has 3 heteroatoms. The van der Waals surface area contributed by atoms with E-state index in [0.717, 1.165) is 25.7 Å². The minimum atomic E-state index is -0.382. The Morgan fingerprint density at radius 2 is 1.95 bits per heavy atom. The van der Waals surface area contributed by atoms with Crippen molar-refractivity contribution in [3.63, 3.8) is 0 Å². The zero-order valence-corrected chi connectivity index (χ0v) is 13.1. The largest absolute Gasteiger partial charge is 0.455 e. The van der Waals surface area contributed by atoms with Gasteiger partial charge in [-0.05, 0) is 46.0 Å². The summed E-state index contributed by atoms with van der Waals surface area (Å²) < 4.78 is 12.3. The Morgan fingerprint density at radius 3 is 2.45 bits per heavy atom. The lowest BCUT2D eigenvalue weighted by Gasteiger charge is -2.41. The van der Waals surface area contributed by atoms with Gasteiger partial charge in [0, 0.05) is 12.3 Å². The molecule has 0 amide bonds. The second kappa shape index (κ2) is 5.01. The van der Waals surface area contributed by atoms with Gasteiger partial charge >= 0.3 is 5.97 Å². The van der Waals surface area contributed by atoms with Gasteiger partial charge < -0.3 is 9.47 Å². The van der Waals surface area contributed by atoms with Gasteiger partial charge in [0.2, 0.25) is 0 Å². The molecule has 0 N–H and O–H groups in total. The smallest absolute Gasteiger partial charge is 0.312 e. The molecule has 1 aliphatic carbocycles. The lowest BCUT2D eigenvalue weighted by Crippen LogP contribution is -2.51. The minimum Gasteiger partial charge on any atom is -0.455 e. The van der Waals surface area contributed by atoms with Crippen LogP contribution in [-0.4, -0.2) is 23.8 Å². The number of carbonyl (C=O) groups is 1. The van der Waals surface area contributed by atoms with Crippen molar-refractivity contribution < 1.29 is 14.3 Å². The van der Waals surface area contributed by atoms with Crippen LogP contribution in [0.2, 0.25) is 0 Å². The molecule has 20 heavy (non-hydrogen) atoms. The fourth-order valence-corrected chi connectivity index (χ4v) is 4.19. The molecule has 1 saturated carbocycles. The predicted molar refractivity (Wildman–Crippen MR) is 77.4 cm³/mol. The van der Waals surface area contributed by atoms with E-state index in [1.165, 1.54) is 25.7 Å². The van der Waals surface area contributed by atoms with Gasteiger partial charge in [0.05, 0.1) is 17.6 Å². The van der Waals surface area contributed by atoms with Crippen molar-refractivity contribution >= 4 is 5.97 Å². The fourth-order valence-electron chi connectivity index (χ4n) is 4.19. The predicted octanol–water partition coefficient (Wildman–Crippen LogP) is 3.85. The monoisotopic (exact) mass is 280 g/mol. The summed E-state index contributed by atoms with van der Waals surface area (Å²) in [5.41, 5.74) is -0.684. The summed E-state index contributed by atoms with van der Waals surface area (Å²) in [6, 6.07) is 0. The van der Waals surface area contributed by atoms with Gasteiger partial charge in [-0.3, -0.25) is 4.79 Å². The van der Waals surface area contributed by atoms with Gasteiger partial charge in [-0.25, -0.2) is 0 Å². The number of esters is 1. The van der Waals surface area contributed by atoms with Gasteiger partial charge in [0.25, 0.3) is 0 Å². The molecule has 3 rings (SSSR count). The first-order chi connectivity index (χ1) is 9.48. The van der Waals surface area contributed by atoms with Crippen molar-refractivity contribution in [2.45, 2.75) is 89.9 Å². The van der Waals surface area contributed by atoms with E-state index in [1.54, 1.807) is 0 Å². The molecule has 3 nitrogen and oxygen atoms in total. The minimum absolute atomic E-state index is 0.0250. The Bertz CT molecular complexity index is 384. The third-order valence-electron chi connectivity index (χ3n) is 5.96. The zero-order valence-electron chi connectivity index (χ0n) is 13.1. The van der Waals surface area contributed by atoms with Crippen molar-refractivity contribution in [1.82, 2.24) is 0 Å². The number of hydrogen-bond acceptors (Lipinski definition) is 3. The first kappa shape index (κ1) is 14.4. The highest BCUT2D eigenvalue weighted by Gasteiger charge is 2.60. The van der Waals surface area contributed by atoms with E-state index in [9.17, 15) is 4.79 Å². The average molecular weight is 280 g/mol. The second-order valence-corrected chi connectivity index (χ2v) is 7.59. The first-order valence-corrected chi connectivity index (χ1v) is 8.37. The number of carbonyl (C=O) groups excluding carboxylic acids is 1. The van der Waals surface area contributed by atoms with Crippen LogP contribution in [-0.2, 0) is 14.3 Å². The van der Waals surface area contributed by atoms with Crippen LogP contribution in [0.25, 0.3) is 0 Å². The van der Waals surface area contributed by atoms with Crippen LogP contribution < -0.4 is 0 Å². The molecule has 0 radical (unpaired) electrons. The Morgan fingerprint density at radius 1 is 1.25 bits per heavy atom. The number of rotatable bonds is 4. The van der Waals surface area contributed by atoms with Crippen molar-refractivity contribution in [1.29, 1.82) is 0 Å². The SMILES string of the molecule is CCC(C)(C)C(=O)OC1(C2CCCC2)CC2CCC1O2. The van der Waals surface area contributed by atoms with Gasteiger partial charge in [0.1, 0.15) is 5.60 Å². The van der Waals surface area contributed by atoms with Crippen molar-refractivity contribution in [3.8, 4) is 0 Å². The van der Waals surface area contributed by atoms with Crippen LogP contribution in [0.4, 0.5) is 0 Å². The molecular weight excluding hydrogens is 252 g/mol. The van der Waals surface area contributed by atoms with Gasteiger partial charge in [-0.1, -0.05) is 19.8 Å². The summed E-state index contributed by atoms with van der Waals surface area (Å²) in [4.78, 5) is 12.6. The maximum atomic E-state index is 12.6. The average Bonchev–Trinajstić information content (AvgIpc) is 3.14. The van der Waals surface area contributed by atoms with Crippen molar-refractivity contribution in [2.75, 3.05) is 0 Å². The summed E-state index contributed by atoms with van der Waals surface area (Å²) in [7, 11) is 0. The molecule has 2 aliphatic heterocycles. The molecule has 2 heterocycles. The van der Waals surface area contributed by atoms with Crippen LogP contribution in [0.15, 0.2) is 0 Å². The second-order valence-electron chi connectivity index (χ2n) is 7.59. The topological polar surface area (TPSA) is 35.5 Å². The Balaban J connectivity index is 1.82. The van der Waals surface area contributed by atoms with E-state index in [0.29, 0.717) is 12.0 Å². The van der Waals surface area contributed by atoms with Crippen LogP contribution in [0.3, 0.4) is 0 Å². The number of ether oxygens (including phenoxy) is 2. The highest BCUT2D eigenvalue weighted by atomic mass is 16.6. The van der Waals surface area contributed by atoms with E-state index in [4.69, 9.17) is 9.47 Å². The molecule has 3 unspecified atom stereocenters. The molecule has 2 bridgehead atoms. The molecule has 0 aromatic rings. The van der Waals surface area contributed by atoms with E-state index >= 15 is 0 Å². The normalized spacial score (nSPS) is 37.5. The number of hydrogen-bond donors (Lipinski definition) is 0. The van der Waals surface area contributed by atoms with Gasteiger partial charge in [0.15, 0.2) is 0 Å². The van der Waals surface area contributed by atoms with E-state index in [-0.39, 0.29) is 23.1 Å². The summed E-state index contributed by atoms with van der Waals surface area (Å²) >= 11 is 0. The maximum Gasteiger partial charge on any atom is 0.312 e. The Hall–Kier alpha value is -0.570. The highest BCUT2D eigenvalue weighted by molar-refractivity contribution is 5.76. The van der Waals surface area contributed by atoms with Crippen LogP contribution >= 0.6 is 0 Å². The molecule has 2 saturated heterocycles. The van der Waals surface area contributed by atoms with Crippen molar-refractivity contribution in [2.24, 2.45) is 11.3 Å². The molecule has 0 spiro atoms. The summed E-state index contributed by atoms with van der Waals surface area (Å²) in [6.45, 7) is 6.04. The van der Waals surface area contributed by atoms with Crippen molar-refractivity contribution in [3.05, 3.63) is 0 Å². The standard InChI is InChI=1S/C17H28O3/c1-4-16(2,3)15(18)20-17(12-7-5-6-8-12)11-13-9-10-14(17)19-13/h12-14H,4-11H2,1-3H3. The summed E-state index contributed by atoms with van der Waals surface area (Å²) in [5.74, 6) is 0.498. The third-order valence-corrected chi connectivity index (χ3v) is 5.96. The van der Waals surface area contributed by atoms with E-state index in [1.807, 2.05) is 13.8 Å². The van der Waals surface area contributed by atoms with Gasteiger partial charge in [-0.15, -0.1) is 0 Å². The maximum absolute atomic E-state index is 12.6. The highest BCUT2D eigenvalue weighted by Crippen LogP contribution is 2.52. The lowest BCUT2D eigenvalue weighted by atomic mass is 9.74. The van der Waals surface area contributed by atoms with E-state index < -0.39 is 0 Å². The first-order valence-electron chi connectivity index (χ1n) is 8.37. The molecule has 3 atom stereocenters. The van der Waals surface area contributed by atoms with E-state index in [2.05, 4.69) is 6.92 Å². The molecule has 0 aromatic carbocycles.